The number of aromatic nitrogens is 1. The maximum Gasteiger partial charge on any atom is 0.252 e. The van der Waals surface area contributed by atoms with E-state index in [0.717, 1.165) is 37.4 Å². The fourth-order valence-electron chi connectivity index (χ4n) is 3.12. The molecular weight excluding hydrogens is 358 g/mol. The van der Waals surface area contributed by atoms with Crippen molar-refractivity contribution >= 4 is 11.7 Å². The highest BCUT2D eigenvalue weighted by Gasteiger charge is 2.15. The predicted octanol–water partition coefficient (Wildman–Crippen LogP) is 2.66. The molecule has 28 heavy (non-hydrogen) atoms. The van der Waals surface area contributed by atoms with E-state index in [0.29, 0.717) is 30.0 Å². The van der Waals surface area contributed by atoms with Gasteiger partial charge in [0.15, 0.2) is 11.5 Å². The molecule has 1 fully saturated rings. The Balaban J connectivity index is 1.45. The fourth-order valence-corrected chi connectivity index (χ4v) is 3.12. The first-order chi connectivity index (χ1) is 13.7. The second kappa shape index (κ2) is 9.94. The van der Waals surface area contributed by atoms with Crippen LogP contribution in [0, 0.1) is 0 Å². The summed E-state index contributed by atoms with van der Waals surface area (Å²) in [7, 11) is 3.21. The summed E-state index contributed by atoms with van der Waals surface area (Å²) in [6.07, 6.45) is 4.72. The van der Waals surface area contributed by atoms with Crippen LogP contribution in [-0.4, -0.2) is 50.9 Å². The zero-order valence-corrected chi connectivity index (χ0v) is 16.4. The Hall–Kier alpha value is -2.80. The van der Waals surface area contributed by atoms with Gasteiger partial charge in [-0.3, -0.25) is 4.79 Å². The third-order valence-electron chi connectivity index (χ3n) is 4.71. The molecule has 1 aliphatic heterocycles. The van der Waals surface area contributed by atoms with Crippen LogP contribution in [-0.2, 0) is 11.2 Å². The first kappa shape index (κ1) is 19.9. The molecule has 2 aromatic rings. The van der Waals surface area contributed by atoms with Crippen LogP contribution in [0.4, 0.5) is 5.82 Å². The van der Waals surface area contributed by atoms with Crippen LogP contribution in [0.3, 0.4) is 0 Å². The molecule has 0 aliphatic carbocycles. The lowest BCUT2D eigenvalue weighted by molar-refractivity contribution is 0.0953. The lowest BCUT2D eigenvalue weighted by Gasteiger charge is -2.12. The summed E-state index contributed by atoms with van der Waals surface area (Å²) in [6, 6.07) is 9.34. The first-order valence-corrected chi connectivity index (χ1v) is 9.50. The number of hydrogen-bond donors (Lipinski definition) is 2. The van der Waals surface area contributed by atoms with Crippen LogP contribution in [0.5, 0.6) is 11.5 Å². The lowest BCUT2D eigenvalue weighted by atomic mass is 10.1. The van der Waals surface area contributed by atoms with Crippen LogP contribution >= 0.6 is 0 Å². The smallest absolute Gasteiger partial charge is 0.252 e. The summed E-state index contributed by atoms with van der Waals surface area (Å²) < 4.78 is 16.1. The van der Waals surface area contributed by atoms with Crippen molar-refractivity contribution in [1.82, 2.24) is 10.3 Å². The van der Waals surface area contributed by atoms with E-state index >= 15 is 0 Å². The molecule has 0 bridgehead atoms. The van der Waals surface area contributed by atoms with Crippen LogP contribution in [0.2, 0.25) is 0 Å². The summed E-state index contributed by atoms with van der Waals surface area (Å²) in [4.78, 5) is 16.6. The summed E-state index contributed by atoms with van der Waals surface area (Å²) in [5.41, 5.74) is 1.60. The molecule has 1 amide bonds. The highest BCUT2D eigenvalue weighted by atomic mass is 16.5. The van der Waals surface area contributed by atoms with Gasteiger partial charge in [-0.2, -0.15) is 0 Å². The van der Waals surface area contributed by atoms with Crippen molar-refractivity contribution in [2.24, 2.45) is 0 Å². The second-order valence-corrected chi connectivity index (χ2v) is 6.64. The molecule has 1 atom stereocenters. The van der Waals surface area contributed by atoms with E-state index in [-0.39, 0.29) is 12.0 Å². The Morgan fingerprint density at radius 2 is 2.07 bits per heavy atom. The van der Waals surface area contributed by atoms with Gasteiger partial charge in [-0.25, -0.2) is 4.98 Å². The molecule has 0 spiro atoms. The summed E-state index contributed by atoms with van der Waals surface area (Å²) >= 11 is 0. The SMILES string of the molecule is COc1ccc(CCNC(=O)c2ccc(NCC3CCCO3)nc2)cc1OC. The van der Waals surface area contributed by atoms with Crippen molar-refractivity contribution in [3.05, 3.63) is 47.7 Å². The van der Waals surface area contributed by atoms with Crippen molar-refractivity contribution in [2.45, 2.75) is 25.4 Å². The predicted molar refractivity (Wildman–Crippen MR) is 107 cm³/mol. The van der Waals surface area contributed by atoms with Gasteiger partial charge in [0.2, 0.25) is 0 Å². The average molecular weight is 385 g/mol. The molecule has 1 aromatic carbocycles. The third-order valence-corrected chi connectivity index (χ3v) is 4.71. The van der Waals surface area contributed by atoms with Crippen molar-refractivity contribution in [3.63, 3.8) is 0 Å². The number of pyridine rings is 1. The average Bonchev–Trinajstić information content (AvgIpc) is 3.26. The molecule has 1 aromatic heterocycles. The zero-order chi connectivity index (χ0) is 19.8. The monoisotopic (exact) mass is 385 g/mol. The van der Waals surface area contributed by atoms with Gasteiger partial charge < -0.3 is 24.8 Å². The number of nitrogens with zero attached hydrogens (tertiary/aromatic N) is 1. The molecule has 2 N–H and O–H groups in total. The number of carbonyl (C=O) groups is 1. The summed E-state index contributed by atoms with van der Waals surface area (Å²) in [5, 5.41) is 6.17. The summed E-state index contributed by atoms with van der Waals surface area (Å²) in [6.45, 7) is 2.10. The van der Waals surface area contributed by atoms with Gasteiger partial charge in [0.1, 0.15) is 5.82 Å². The van der Waals surface area contributed by atoms with Crippen LogP contribution in [0.15, 0.2) is 36.5 Å². The Morgan fingerprint density at radius 3 is 2.75 bits per heavy atom. The lowest BCUT2D eigenvalue weighted by Crippen LogP contribution is -2.26. The van der Waals surface area contributed by atoms with Crippen LogP contribution in [0.25, 0.3) is 0 Å². The van der Waals surface area contributed by atoms with E-state index in [9.17, 15) is 4.79 Å². The molecule has 7 heteroatoms. The molecular formula is C21H27N3O4. The van der Waals surface area contributed by atoms with E-state index in [1.54, 1.807) is 26.5 Å². The number of benzene rings is 1. The van der Waals surface area contributed by atoms with Crippen molar-refractivity contribution in [1.29, 1.82) is 0 Å². The molecule has 0 radical (unpaired) electrons. The minimum absolute atomic E-state index is 0.140. The quantitative estimate of drug-likeness (QED) is 0.691. The van der Waals surface area contributed by atoms with Crippen molar-refractivity contribution < 1.29 is 19.0 Å². The molecule has 3 rings (SSSR count). The summed E-state index contributed by atoms with van der Waals surface area (Å²) in [5.74, 6) is 1.98. The first-order valence-electron chi connectivity index (χ1n) is 9.50. The number of rotatable bonds is 9. The third kappa shape index (κ3) is 5.36. The number of hydrogen-bond acceptors (Lipinski definition) is 6. The topological polar surface area (TPSA) is 81.7 Å². The van der Waals surface area contributed by atoms with Crippen molar-refractivity contribution in [2.75, 3.05) is 39.2 Å². The number of ether oxygens (including phenoxy) is 3. The highest BCUT2D eigenvalue weighted by Crippen LogP contribution is 2.27. The van der Waals surface area contributed by atoms with Crippen LogP contribution in [0.1, 0.15) is 28.8 Å². The van der Waals surface area contributed by atoms with E-state index in [2.05, 4.69) is 15.6 Å². The maximum absolute atomic E-state index is 12.3. The Labute approximate surface area is 165 Å². The molecule has 150 valence electrons. The number of amides is 1. The number of methoxy groups -OCH3 is 2. The van der Waals surface area contributed by atoms with Gasteiger partial charge in [-0.05, 0) is 49.1 Å². The van der Waals surface area contributed by atoms with Gasteiger partial charge in [0.05, 0.1) is 25.9 Å². The second-order valence-electron chi connectivity index (χ2n) is 6.64. The van der Waals surface area contributed by atoms with E-state index in [1.165, 1.54) is 0 Å². The van der Waals surface area contributed by atoms with Gasteiger partial charge in [0.25, 0.3) is 5.91 Å². The minimum atomic E-state index is -0.140. The normalized spacial score (nSPS) is 15.9. The number of anilines is 1. The number of nitrogens with one attached hydrogen (secondary N) is 2. The molecule has 1 saturated heterocycles. The molecule has 0 saturated carbocycles. The van der Waals surface area contributed by atoms with E-state index in [4.69, 9.17) is 14.2 Å². The van der Waals surface area contributed by atoms with Crippen molar-refractivity contribution in [3.8, 4) is 11.5 Å². The molecule has 1 aliphatic rings. The minimum Gasteiger partial charge on any atom is -0.493 e. The van der Waals surface area contributed by atoms with Gasteiger partial charge >= 0.3 is 0 Å². The number of carbonyl (C=O) groups excluding carboxylic acids is 1. The highest BCUT2D eigenvalue weighted by molar-refractivity contribution is 5.94. The molecule has 1 unspecified atom stereocenters. The maximum atomic E-state index is 12.3. The standard InChI is InChI=1S/C21H27N3O4/c1-26-18-7-5-15(12-19(18)27-2)9-10-22-21(25)16-6-8-20(23-13-16)24-14-17-4-3-11-28-17/h5-8,12-13,17H,3-4,9-11,14H2,1-2H3,(H,22,25)(H,23,24). The Kier molecular flexibility index (Phi) is 7.08. The fraction of sp³-hybridized carbons (Fsp3) is 0.429. The van der Waals surface area contributed by atoms with Gasteiger partial charge in [-0.15, -0.1) is 0 Å². The van der Waals surface area contributed by atoms with Gasteiger partial charge in [-0.1, -0.05) is 6.07 Å². The molecule has 7 nitrogen and oxygen atoms in total. The Morgan fingerprint density at radius 1 is 1.21 bits per heavy atom. The van der Waals surface area contributed by atoms with Gasteiger partial charge in [0, 0.05) is 25.9 Å². The van der Waals surface area contributed by atoms with E-state index < -0.39 is 0 Å². The molecule has 2 heterocycles. The van der Waals surface area contributed by atoms with E-state index in [1.807, 2.05) is 24.3 Å². The Bertz CT molecular complexity index is 774. The largest absolute Gasteiger partial charge is 0.493 e. The zero-order valence-electron chi connectivity index (χ0n) is 16.4. The van der Waals surface area contributed by atoms with Crippen LogP contribution < -0.4 is 20.1 Å².